The van der Waals surface area contributed by atoms with Crippen molar-refractivity contribution in [3.8, 4) is 17.2 Å². The third kappa shape index (κ3) is 3.93. The van der Waals surface area contributed by atoms with E-state index in [-0.39, 0.29) is 12.5 Å². The second-order valence-electron chi connectivity index (χ2n) is 6.39. The first-order valence-electron chi connectivity index (χ1n) is 9.30. The van der Waals surface area contributed by atoms with Crippen LogP contribution in [0, 0.1) is 0 Å². The Morgan fingerprint density at radius 3 is 2.79 bits per heavy atom. The van der Waals surface area contributed by atoms with Crippen LogP contribution in [0.4, 0.5) is 0 Å². The Kier molecular flexibility index (Phi) is 5.19. The fourth-order valence-corrected chi connectivity index (χ4v) is 2.82. The minimum Gasteiger partial charge on any atom is -0.481 e. The fourth-order valence-electron chi connectivity index (χ4n) is 2.82. The zero-order valence-electron chi connectivity index (χ0n) is 16.1. The van der Waals surface area contributed by atoms with Crippen molar-refractivity contribution in [1.82, 2.24) is 30.1 Å². The first-order chi connectivity index (χ1) is 14.2. The van der Waals surface area contributed by atoms with E-state index in [9.17, 15) is 4.79 Å². The summed E-state index contributed by atoms with van der Waals surface area (Å²) in [5.74, 6) is 1.99. The normalized spacial score (nSPS) is 12.1. The van der Waals surface area contributed by atoms with E-state index in [1.54, 1.807) is 23.5 Å². The van der Waals surface area contributed by atoms with Crippen LogP contribution in [0.3, 0.4) is 0 Å². The Hall–Kier alpha value is -3.75. The molecule has 0 spiro atoms. The summed E-state index contributed by atoms with van der Waals surface area (Å²) in [4.78, 5) is 16.7. The van der Waals surface area contributed by atoms with Gasteiger partial charge in [0.2, 0.25) is 0 Å². The molecule has 0 saturated heterocycles. The molecule has 1 amide bonds. The summed E-state index contributed by atoms with van der Waals surface area (Å²) < 4.78 is 12.7. The zero-order valence-corrected chi connectivity index (χ0v) is 16.1. The molecule has 9 nitrogen and oxygen atoms in total. The number of pyridine rings is 1. The summed E-state index contributed by atoms with van der Waals surface area (Å²) in [6.07, 6.45) is 1.86. The standard InChI is InChI=1S/C20H20N6O3/c1-3-16-22-20(29-25-16)15-10-7-11-26-17(23-24-18(15)26)12-21-19(27)13(2)28-14-8-5-4-6-9-14/h4-11,13H,3,12H2,1-2H3,(H,21,27). The number of nitrogens with zero attached hydrogens (tertiary/aromatic N) is 5. The van der Waals surface area contributed by atoms with E-state index in [1.165, 1.54) is 0 Å². The van der Waals surface area contributed by atoms with Gasteiger partial charge in [-0.1, -0.05) is 30.3 Å². The van der Waals surface area contributed by atoms with Crippen molar-refractivity contribution in [2.45, 2.75) is 32.9 Å². The number of fused-ring (bicyclic) bond motifs is 1. The zero-order chi connectivity index (χ0) is 20.2. The number of rotatable bonds is 7. The molecule has 1 aromatic carbocycles. The third-order valence-corrected chi connectivity index (χ3v) is 4.37. The summed E-state index contributed by atoms with van der Waals surface area (Å²) in [6, 6.07) is 12.9. The van der Waals surface area contributed by atoms with Gasteiger partial charge in [-0.3, -0.25) is 9.20 Å². The van der Waals surface area contributed by atoms with Crippen molar-refractivity contribution in [3.63, 3.8) is 0 Å². The molecule has 1 atom stereocenters. The Morgan fingerprint density at radius 2 is 2.03 bits per heavy atom. The first-order valence-corrected chi connectivity index (χ1v) is 9.30. The molecule has 148 valence electrons. The molecule has 3 heterocycles. The molecule has 0 aliphatic rings. The maximum atomic E-state index is 12.4. The van der Waals surface area contributed by atoms with Gasteiger partial charge >= 0.3 is 0 Å². The van der Waals surface area contributed by atoms with E-state index in [2.05, 4.69) is 25.7 Å². The molecule has 0 bridgehead atoms. The number of para-hydroxylation sites is 1. The average molecular weight is 392 g/mol. The minimum atomic E-state index is -0.641. The summed E-state index contributed by atoms with van der Waals surface area (Å²) in [7, 11) is 0. The summed E-state index contributed by atoms with van der Waals surface area (Å²) >= 11 is 0. The van der Waals surface area contributed by atoms with Crippen LogP contribution < -0.4 is 10.1 Å². The predicted molar refractivity (Wildman–Crippen MR) is 104 cm³/mol. The maximum Gasteiger partial charge on any atom is 0.261 e. The molecule has 0 saturated carbocycles. The molecule has 1 N–H and O–H groups in total. The van der Waals surface area contributed by atoms with Gasteiger partial charge in [-0.05, 0) is 31.2 Å². The lowest BCUT2D eigenvalue weighted by Gasteiger charge is -2.14. The van der Waals surface area contributed by atoms with Crippen molar-refractivity contribution in [2.75, 3.05) is 0 Å². The van der Waals surface area contributed by atoms with Gasteiger partial charge < -0.3 is 14.6 Å². The van der Waals surface area contributed by atoms with Crippen LogP contribution in [0.2, 0.25) is 0 Å². The molecule has 0 aliphatic carbocycles. The Morgan fingerprint density at radius 1 is 1.21 bits per heavy atom. The topological polar surface area (TPSA) is 107 Å². The van der Waals surface area contributed by atoms with Gasteiger partial charge in [0.1, 0.15) is 5.75 Å². The number of carbonyl (C=O) groups is 1. The molecule has 3 aromatic heterocycles. The number of amides is 1. The third-order valence-electron chi connectivity index (χ3n) is 4.37. The van der Waals surface area contributed by atoms with E-state index in [1.807, 2.05) is 43.5 Å². The summed E-state index contributed by atoms with van der Waals surface area (Å²) in [6.45, 7) is 3.86. The molecule has 9 heteroatoms. The van der Waals surface area contributed by atoms with Gasteiger partial charge in [-0.25, -0.2) is 0 Å². The van der Waals surface area contributed by atoms with E-state index in [0.29, 0.717) is 40.9 Å². The Bertz CT molecular complexity index is 1120. The number of aromatic nitrogens is 5. The molecular weight excluding hydrogens is 372 g/mol. The van der Waals surface area contributed by atoms with Crippen LogP contribution in [0.15, 0.2) is 53.2 Å². The van der Waals surface area contributed by atoms with E-state index >= 15 is 0 Å². The maximum absolute atomic E-state index is 12.4. The first kappa shape index (κ1) is 18.6. The second-order valence-corrected chi connectivity index (χ2v) is 6.39. The van der Waals surface area contributed by atoms with E-state index in [4.69, 9.17) is 9.26 Å². The van der Waals surface area contributed by atoms with Crippen molar-refractivity contribution in [3.05, 3.63) is 60.3 Å². The van der Waals surface area contributed by atoms with Crippen LogP contribution in [0.25, 0.3) is 17.1 Å². The molecule has 4 aromatic rings. The molecule has 29 heavy (non-hydrogen) atoms. The smallest absolute Gasteiger partial charge is 0.261 e. The number of aryl methyl sites for hydroxylation is 1. The summed E-state index contributed by atoms with van der Waals surface area (Å²) in [5.41, 5.74) is 1.27. The van der Waals surface area contributed by atoms with Gasteiger partial charge in [0.25, 0.3) is 11.8 Å². The highest BCUT2D eigenvalue weighted by molar-refractivity contribution is 5.80. The highest BCUT2D eigenvalue weighted by Gasteiger charge is 2.18. The Labute approximate surface area is 166 Å². The van der Waals surface area contributed by atoms with E-state index < -0.39 is 6.10 Å². The van der Waals surface area contributed by atoms with Gasteiger partial charge in [0, 0.05) is 12.6 Å². The SMILES string of the molecule is CCc1noc(-c2cccn3c(CNC(=O)C(C)Oc4ccccc4)nnc23)n1. The molecule has 0 aliphatic heterocycles. The number of carbonyl (C=O) groups excluding carboxylic acids is 1. The van der Waals surface area contributed by atoms with Crippen LogP contribution in [0.1, 0.15) is 25.5 Å². The van der Waals surface area contributed by atoms with Gasteiger partial charge in [0.05, 0.1) is 12.1 Å². The van der Waals surface area contributed by atoms with Crippen molar-refractivity contribution < 1.29 is 14.1 Å². The largest absolute Gasteiger partial charge is 0.481 e. The highest BCUT2D eigenvalue weighted by Crippen LogP contribution is 2.22. The minimum absolute atomic E-state index is 0.204. The lowest BCUT2D eigenvalue weighted by Crippen LogP contribution is -2.36. The predicted octanol–water partition coefficient (Wildman–Crippen LogP) is 2.43. The van der Waals surface area contributed by atoms with Crippen LogP contribution in [-0.4, -0.2) is 36.7 Å². The quantitative estimate of drug-likeness (QED) is 0.515. The second kappa shape index (κ2) is 8.09. The molecular formula is C20H20N6O3. The van der Waals surface area contributed by atoms with Crippen LogP contribution in [-0.2, 0) is 17.8 Å². The lowest BCUT2D eigenvalue weighted by molar-refractivity contribution is -0.127. The van der Waals surface area contributed by atoms with Gasteiger partial charge in [-0.2, -0.15) is 4.98 Å². The van der Waals surface area contributed by atoms with Crippen molar-refractivity contribution in [1.29, 1.82) is 0 Å². The number of nitrogens with one attached hydrogen (secondary N) is 1. The van der Waals surface area contributed by atoms with Crippen molar-refractivity contribution in [2.24, 2.45) is 0 Å². The Balaban J connectivity index is 1.47. The molecule has 1 unspecified atom stereocenters. The molecule has 4 rings (SSSR count). The highest BCUT2D eigenvalue weighted by atomic mass is 16.5. The average Bonchev–Trinajstić information content (AvgIpc) is 3.39. The number of hydrogen-bond donors (Lipinski definition) is 1. The van der Waals surface area contributed by atoms with Gasteiger partial charge in [-0.15, -0.1) is 10.2 Å². The van der Waals surface area contributed by atoms with E-state index in [0.717, 1.165) is 0 Å². The molecule has 0 fully saturated rings. The number of benzene rings is 1. The van der Waals surface area contributed by atoms with Crippen LogP contribution in [0.5, 0.6) is 5.75 Å². The lowest BCUT2D eigenvalue weighted by atomic mass is 10.2. The molecule has 0 radical (unpaired) electrons. The van der Waals surface area contributed by atoms with Crippen LogP contribution >= 0.6 is 0 Å². The number of hydrogen-bond acceptors (Lipinski definition) is 7. The van der Waals surface area contributed by atoms with Gasteiger partial charge in [0.15, 0.2) is 23.4 Å². The monoisotopic (exact) mass is 392 g/mol. The van der Waals surface area contributed by atoms with Crippen molar-refractivity contribution >= 4 is 11.6 Å². The summed E-state index contributed by atoms with van der Waals surface area (Å²) in [5, 5.41) is 15.2. The fraction of sp³-hybridized carbons (Fsp3) is 0.250. The number of ether oxygens (including phenoxy) is 1.